The number of hydrogen-bond donors (Lipinski definition) is 1. The standard InChI is InChI=1S/C30H32N2O7S/c1-4-38-25-13-10-24(11-14-25)32(40(34,35)27-15-16-28(36-2)29(20-27)37-3)21-30(33)31-17-18-39-26-12-9-22-7-5-6-8-23(22)19-26/h5-16,19-20H,4,17-18,21H2,1-3H3,(H,31,33). The number of hydrogen-bond acceptors (Lipinski definition) is 7. The topological polar surface area (TPSA) is 103 Å². The number of sulfonamides is 1. The Morgan fingerprint density at radius 2 is 1.50 bits per heavy atom. The zero-order chi connectivity index (χ0) is 28.5. The number of anilines is 1. The highest BCUT2D eigenvalue weighted by atomic mass is 32.2. The fourth-order valence-electron chi connectivity index (χ4n) is 4.10. The number of nitrogens with one attached hydrogen (secondary N) is 1. The van der Waals surface area contributed by atoms with Crippen LogP contribution in [-0.4, -0.2) is 54.8 Å². The summed E-state index contributed by atoms with van der Waals surface area (Å²) in [6, 6.07) is 24.5. The van der Waals surface area contributed by atoms with Gasteiger partial charge in [0.05, 0.1) is 38.0 Å². The highest BCUT2D eigenvalue weighted by molar-refractivity contribution is 7.92. The second-order valence-corrected chi connectivity index (χ2v) is 10.5. The Balaban J connectivity index is 1.48. The molecule has 0 bridgehead atoms. The van der Waals surface area contributed by atoms with E-state index in [0.717, 1.165) is 15.1 Å². The van der Waals surface area contributed by atoms with Crippen LogP contribution < -0.4 is 28.6 Å². The average molecular weight is 565 g/mol. The molecular weight excluding hydrogens is 532 g/mol. The van der Waals surface area contributed by atoms with Crippen molar-refractivity contribution in [2.75, 3.05) is 44.8 Å². The van der Waals surface area contributed by atoms with E-state index < -0.39 is 22.5 Å². The van der Waals surface area contributed by atoms with E-state index in [1.807, 2.05) is 49.4 Å². The Bertz CT molecular complexity index is 1560. The molecule has 0 radical (unpaired) electrons. The summed E-state index contributed by atoms with van der Waals surface area (Å²) < 4.78 is 50.4. The Morgan fingerprint density at radius 1 is 0.800 bits per heavy atom. The van der Waals surface area contributed by atoms with E-state index in [-0.39, 0.29) is 23.8 Å². The first-order valence-electron chi connectivity index (χ1n) is 12.7. The van der Waals surface area contributed by atoms with Crippen molar-refractivity contribution >= 4 is 32.4 Å². The number of fused-ring (bicyclic) bond motifs is 1. The predicted octanol–water partition coefficient (Wildman–Crippen LogP) is 4.65. The second kappa shape index (κ2) is 13.1. The van der Waals surface area contributed by atoms with Gasteiger partial charge in [0, 0.05) is 6.07 Å². The number of amides is 1. The van der Waals surface area contributed by atoms with Crippen molar-refractivity contribution in [3.8, 4) is 23.0 Å². The molecule has 1 N–H and O–H groups in total. The lowest BCUT2D eigenvalue weighted by molar-refractivity contribution is -0.119. The van der Waals surface area contributed by atoms with Gasteiger partial charge in [-0.1, -0.05) is 30.3 Å². The Labute approximate surface area is 234 Å². The largest absolute Gasteiger partial charge is 0.494 e. The minimum absolute atomic E-state index is 0.0496. The molecule has 0 aliphatic heterocycles. The lowest BCUT2D eigenvalue weighted by Crippen LogP contribution is -2.41. The monoisotopic (exact) mass is 564 g/mol. The number of methoxy groups -OCH3 is 2. The maximum absolute atomic E-state index is 13.8. The molecule has 0 unspecified atom stereocenters. The number of benzene rings is 4. The minimum Gasteiger partial charge on any atom is -0.494 e. The van der Waals surface area contributed by atoms with Gasteiger partial charge in [-0.3, -0.25) is 9.10 Å². The fraction of sp³-hybridized carbons (Fsp3) is 0.233. The molecule has 0 aromatic heterocycles. The van der Waals surface area contributed by atoms with Crippen molar-refractivity contribution in [2.24, 2.45) is 0 Å². The van der Waals surface area contributed by atoms with Gasteiger partial charge < -0.3 is 24.3 Å². The van der Waals surface area contributed by atoms with E-state index in [1.54, 1.807) is 24.3 Å². The molecule has 4 aromatic rings. The molecule has 9 nitrogen and oxygen atoms in total. The van der Waals surface area contributed by atoms with E-state index >= 15 is 0 Å². The van der Waals surface area contributed by atoms with Crippen LogP contribution in [0.5, 0.6) is 23.0 Å². The van der Waals surface area contributed by atoms with Crippen LogP contribution in [-0.2, 0) is 14.8 Å². The van der Waals surface area contributed by atoms with Gasteiger partial charge in [-0.25, -0.2) is 8.42 Å². The third-order valence-electron chi connectivity index (χ3n) is 6.08. The first-order chi connectivity index (χ1) is 19.3. The van der Waals surface area contributed by atoms with Gasteiger partial charge in [-0.15, -0.1) is 0 Å². The maximum atomic E-state index is 13.8. The van der Waals surface area contributed by atoms with Crippen LogP contribution in [0.25, 0.3) is 10.8 Å². The summed E-state index contributed by atoms with van der Waals surface area (Å²) in [6.45, 7) is 2.29. The molecule has 0 fully saturated rings. The van der Waals surface area contributed by atoms with Crippen LogP contribution in [0.1, 0.15) is 6.92 Å². The van der Waals surface area contributed by atoms with Crippen molar-refractivity contribution < 1.29 is 32.2 Å². The van der Waals surface area contributed by atoms with E-state index in [1.165, 1.54) is 32.4 Å². The molecule has 0 aliphatic rings. The molecular formula is C30H32N2O7S. The lowest BCUT2D eigenvalue weighted by Gasteiger charge is -2.24. The number of nitrogens with zero attached hydrogens (tertiary/aromatic N) is 1. The van der Waals surface area contributed by atoms with Gasteiger partial charge >= 0.3 is 0 Å². The van der Waals surface area contributed by atoms with Crippen LogP contribution in [0.15, 0.2) is 89.8 Å². The van der Waals surface area contributed by atoms with Crippen molar-refractivity contribution in [3.63, 3.8) is 0 Å². The van der Waals surface area contributed by atoms with Gasteiger partial charge in [0.1, 0.15) is 24.7 Å². The normalized spacial score (nSPS) is 11.1. The molecule has 0 heterocycles. The van der Waals surface area contributed by atoms with Gasteiger partial charge in [-0.2, -0.15) is 0 Å². The van der Waals surface area contributed by atoms with Crippen LogP contribution >= 0.6 is 0 Å². The first-order valence-corrected chi connectivity index (χ1v) is 14.2. The van der Waals surface area contributed by atoms with Crippen LogP contribution in [0.4, 0.5) is 5.69 Å². The SMILES string of the molecule is CCOc1ccc(N(CC(=O)NCCOc2ccc3ccccc3c2)S(=O)(=O)c2ccc(OC)c(OC)c2)cc1. The highest BCUT2D eigenvalue weighted by Gasteiger charge is 2.28. The predicted molar refractivity (Wildman–Crippen MR) is 154 cm³/mol. The number of carbonyl (C=O) groups is 1. The lowest BCUT2D eigenvalue weighted by atomic mass is 10.1. The van der Waals surface area contributed by atoms with E-state index in [2.05, 4.69) is 5.32 Å². The Hall–Kier alpha value is -4.44. The van der Waals surface area contributed by atoms with Crippen molar-refractivity contribution in [1.29, 1.82) is 0 Å². The number of carbonyl (C=O) groups excluding carboxylic acids is 1. The zero-order valence-corrected chi connectivity index (χ0v) is 23.4. The zero-order valence-electron chi connectivity index (χ0n) is 22.6. The molecule has 0 saturated heterocycles. The smallest absolute Gasteiger partial charge is 0.264 e. The van der Waals surface area contributed by atoms with E-state index in [9.17, 15) is 13.2 Å². The fourth-order valence-corrected chi connectivity index (χ4v) is 5.53. The van der Waals surface area contributed by atoms with E-state index in [4.69, 9.17) is 18.9 Å². The molecule has 4 rings (SSSR count). The third-order valence-corrected chi connectivity index (χ3v) is 7.85. The van der Waals surface area contributed by atoms with Gasteiger partial charge in [-0.05, 0) is 66.2 Å². The quantitative estimate of drug-likeness (QED) is 0.236. The number of rotatable bonds is 13. The van der Waals surface area contributed by atoms with Crippen LogP contribution in [0.3, 0.4) is 0 Å². The molecule has 10 heteroatoms. The molecule has 1 amide bonds. The second-order valence-electron chi connectivity index (χ2n) is 8.66. The highest BCUT2D eigenvalue weighted by Crippen LogP contribution is 2.32. The average Bonchev–Trinajstić information content (AvgIpc) is 2.98. The van der Waals surface area contributed by atoms with Crippen LogP contribution in [0.2, 0.25) is 0 Å². The third kappa shape index (κ3) is 6.76. The molecule has 0 aliphatic carbocycles. The molecule has 0 saturated carbocycles. The van der Waals surface area contributed by atoms with Gasteiger partial charge in [0.15, 0.2) is 11.5 Å². The van der Waals surface area contributed by atoms with E-state index in [0.29, 0.717) is 29.5 Å². The van der Waals surface area contributed by atoms with Crippen molar-refractivity contribution in [3.05, 3.63) is 84.9 Å². The molecule has 40 heavy (non-hydrogen) atoms. The van der Waals surface area contributed by atoms with Crippen LogP contribution in [0, 0.1) is 0 Å². The summed E-state index contributed by atoms with van der Waals surface area (Å²) >= 11 is 0. The van der Waals surface area contributed by atoms with Crippen molar-refractivity contribution in [1.82, 2.24) is 5.32 Å². The summed E-state index contributed by atoms with van der Waals surface area (Å²) in [5.74, 6) is 1.42. The molecule has 210 valence electrons. The number of ether oxygens (including phenoxy) is 4. The molecule has 0 atom stereocenters. The van der Waals surface area contributed by atoms with Gasteiger partial charge in [0.25, 0.3) is 10.0 Å². The van der Waals surface area contributed by atoms with Gasteiger partial charge in [0.2, 0.25) is 5.91 Å². The summed E-state index contributed by atoms with van der Waals surface area (Å²) in [7, 11) is -1.27. The summed E-state index contributed by atoms with van der Waals surface area (Å²) in [6.07, 6.45) is 0. The Morgan fingerprint density at radius 3 is 2.20 bits per heavy atom. The van der Waals surface area contributed by atoms with Crippen molar-refractivity contribution in [2.45, 2.75) is 11.8 Å². The minimum atomic E-state index is -4.16. The molecule has 4 aromatic carbocycles. The summed E-state index contributed by atoms with van der Waals surface area (Å²) in [5, 5.41) is 4.90. The maximum Gasteiger partial charge on any atom is 0.264 e. The first kappa shape index (κ1) is 28.6. The molecule has 0 spiro atoms. The summed E-state index contributed by atoms with van der Waals surface area (Å²) in [5.41, 5.74) is 0.306. The Kier molecular flexibility index (Phi) is 9.34. The summed E-state index contributed by atoms with van der Waals surface area (Å²) in [4.78, 5) is 12.9.